The number of nitrogens with zero attached hydrogens (tertiary/aromatic N) is 4. The summed E-state index contributed by atoms with van der Waals surface area (Å²) in [4.78, 5) is 35.9. The fourth-order valence-corrected chi connectivity index (χ4v) is 6.07. The molecule has 3 atom stereocenters. The summed E-state index contributed by atoms with van der Waals surface area (Å²) in [5.41, 5.74) is 5.67. The minimum Gasteiger partial charge on any atom is -0.346 e. The molecule has 0 aliphatic carbocycles. The lowest BCUT2D eigenvalue weighted by atomic mass is 9.76. The fourth-order valence-electron chi connectivity index (χ4n) is 5.43. The highest BCUT2D eigenvalue weighted by molar-refractivity contribution is 7.52. The molecular formula is C30H34N5O6P. The molecule has 0 radical (unpaired) electrons. The molecule has 5 rings (SSSR count). The van der Waals surface area contributed by atoms with Crippen LogP contribution in [0.2, 0.25) is 0 Å². The minimum atomic E-state index is -4.65. The Balaban J connectivity index is 1.72. The highest BCUT2D eigenvalue weighted by atomic mass is 31.2. The van der Waals surface area contributed by atoms with Gasteiger partial charge in [-0.05, 0) is 23.6 Å². The molecule has 3 aromatic carbocycles. The first kappa shape index (κ1) is 29.8. The highest BCUT2D eigenvalue weighted by Gasteiger charge is 2.43. The second-order valence-corrected chi connectivity index (χ2v) is 11.5. The van der Waals surface area contributed by atoms with E-state index in [1.165, 1.54) is 14.2 Å². The Morgan fingerprint density at radius 2 is 1.45 bits per heavy atom. The van der Waals surface area contributed by atoms with Crippen LogP contribution in [0.4, 0.5) is 5.82 Å². The Labute approximate surface area is 244 Å². The second kappa shape index (κ2) is 12.7. The lowest BCUT2D eigenvalue weighted by Gasteiger charge is -2.41. The van der Waals surface area contributed by atoms with Gasteiger partial charge >= 0.3 is 7.60 Å². The van der Waals surface area contributed by atoms with E-state index in [0.717, 1.165) is 16.7 Å². The summed E-state index contributed by atoms with van der Waals surface area (Å²) in [5.74, 6) is 0.705. The van der Waals surface area contributed by atoms with Crippen LogP contribution in [-0.4, -0.2) is 58.6 Å². The molecule has 3 N–H and O–H groups in total. The SMILES string of the molecule is CONC1N=CN(CC(C)O[C@H](OC)P(=O)(O)O)c2c1ncn2C(c1ccccc1)(c1ccccc1)c1ccccc1. The first-order valence-corrected chi connectivity index (χ1v) is 15.0. The quantitative estimate of drug-likeness (QED) is 0.0959. The Hall–Kier alpha value is -3.67. The normalized spacial score (nSPS) is 16.7. The molecular weight excluding hydrogens is 557 g/mol. The maximum Gasteiger partial charge on any atom is 0.381 e. The van der Waals surface area contributed by atoms with Gasteiger partial charge in [0.15, 0.2) is 6.17 Å². The molecule has 42 heavy (non-hydrogen) atoms. The average molecular weight is 592 g/mol. The molecule has 0 saturated heterocycles. The minimum absolute atomic E-state index is 0.191. The first-order chi connectivity index (χ1) is 20.3. The number of hydrogen-bond donors (Lipinski definition) is 3. The number of anilines is 1. The lowest BCUT2D eigenvalue weighted by molar-refractivity contribution is -0.107. The van der Waals surface area contributed by atoms with Crippen LogP contribution in [0, 0.1) is 0 Å². The largest absolute Gasteiger partial charge is 0.381 e. The van der Waals surface area contributed by atoms with Crippen molar-refractivity contribution in [3.05, 3.63) is 120 Å². The molecule has 0 spiro atoms. The van der Waals surface area contributed by atoms with E-state index in [2.05, 4.69) is 51.4 Å². The molecule has 11 nitrogen and oxygen atoms in total. The van der Waals surface area contributed by atoms with Crippen LogP contribution in [0.25, 0.3) is 0 Å². The lowest BCUT2D eigenvalue weighted by Crippen LogP contribution is -2.43. The summed E-state index contributed by atoms with van der Waals surface area (Å²) in [5, 5.41) is 0. The molecule has 2 unspecified atom stereocenters. The molecule has 0 amide bonds. The number of rotatable bonds is 12. The summed E-state index contributed by atoms with van der Waals surface area (Å²) < 4.78 is 24.6. The fraction of sp³-hybridized carbons (Fsp3) is 0.267. The van der Waals surface area contributed by atoms with Crippen LogP contribution in [0.5, 0.6) is 0 Å². The van der Waals surface area contributed by atoms with Crippen molar-refractivity contribution >= 4 is 19.8 Å². The van der Waals surface area contributed by atoms with Crippen molar-refractivity contribution < 1.29 is 28.7 Å². The van der Waals surface area contributed by atoms with E-state index in [1.54, 1.807) is 19.6 Å². The molecule has 220 valence electrons. The highest BCUT2D eigenvalue weighted by Crippen LogP contribution is 2.46. The monoisotopic (exact) mass is 591 g/mol. The van der Waals surface area contributed by atoms with Crippen LogP contribution in [0.15, 0.2) is 102 Å². The molecule has 1 aliphatic heterocycles. The predicted molar refractivity (Wildman–Crippen MR) is 159 cm³/mol. The molecule has 4 aromatic rings. The number of aromatic nitrogens is 2. The van der Waals surface area contributed by atoms with E-state index in [0.29, 0.717) is 11.5 Å². The number of nitrogens with one attached hydrogen (secondary N) is 1. The van der Waals surface area contributed by atoms with Gasteiger partial charge in [0, 0.05) is 7.11 Å². The number of hydroxylamine groups is 1. The second-order valence-electron chi connectivity index (χ2n) is 9.85. The zero-order valence-electron chi connectivity index (χ0n) is 23.5. The maximum absolute atomic E-state index is 11.9. The van der Waals surface area contributed by atoms with Crippen molar-refractivity contribution in [2.24, 2.45) is 4.99 Å². The van der Waals surface area contributed by atoms with Gasteiger partial charge in [0.2, 0.25) is 0 Å². The number of aliphatic imine (C=N–C) groups is 1. The topological polar surface area (TPSA) is 131 Å². The van der Waals surface area contributed by atoms with E-state index in [9.17, 15) is 14.4 Å². The Kier molecular flexibility index (Phi) is 9.00. The van der Waals surface area contributed by atoms with E-state index in [-0.39, 0.29) is 6.54 Å². The van der Waals surface area contributed by atoms with Gasteiger partial charge in [-0.25, -0.2) is 9.98 Å². The van der Waals surface area contributed by atoms with Crippen molar-refractivity contribution in [1.82, 2.24) is 15.0 Å². The van der Waals surface area contributed by atoms with Gasteiger partial charge in [0.05, 0.1) is 32.4 Å². The van der Waals surface area contributed by atoms with Crippen LogP contribution in [0.1, 0.15) is 35.5 Å². The Morgan fingerprint density at radius 3 is 1.90 bits per heavy atom. The smallest absolute Gasteiger partial charge is 0.346 e. The molecule has 1 aliphatic rings. The number of methoxy groups -OCH3 is 1. The summed E-state index contributed by atoms with van der Waals surface area (Å²) in [7, 11) is -1.94. The predicted octanol–water partition coefficient (Wildman–Crippen LogP) is 4.23. The molecule has 2 heterocycles. The van der Waals surface area contributed by atoms with Crippen molar-refractivity contribution in [2.75, 3.05) is 25.7 Å². The molecule has 0 bridgehead atoms. The van der Waals surface area contributed by atoms with Gasteiger partial charge in [-0.1, -0.05) is 91.0 Å². The zero-order chi connectivity index (χ0) is 29.7. The maximum atomic E-state index is 11.9. The van der Waals surface area contributed by atoms with Crippen molar-refractivity contribution in [3.8, 4) is 0 Å². The van der Waals surface area contributed by atoms with Crippen molar-refractivity contribution in [2.45, 2.75) is 30.8 Å². The van der Waals surface area contributed by atoms with Gasteiger partial charge < -0.3 is 29.0 Å². The summed E-state index contributed by atoms with van der Waals surface area (Å²) in [6.45, 7) is 1.91. The first-order valence-electron chi connectivity index (χ1n) is 13.4. The third-order valence-corrected chi connectivity index (χ3v) is 7.98. The van der Waals surface area contributed by atoms with Gasteiger partial charge in [-0.3, -0.25) is 9.13 Å². The Bertz CT molecular complexity index is 1430. The van der Waals surface area contributed by atoms with Crippen LogP contribution in [0.3, 0.4) is 0 Å². The Morgan fingerprint density at radius 1 is 0.929 bits per heavy atom. The van der Waals surface area contributed by atoms with Gasteiger partial charge in [0.25, 0.3) is 6.03 Å². The van der Waals surface area contributed by atoms with Crippen molar-refractivity contribution in [1.29, 1.82) is 0 Å². The third kappa shape index (κ3) is 5.68. The number of benzene rings is 3. The van der Waals surface area contributed by atoms with Crippen molar-refractivity contribution in [3.63, 3.8) is 0 Å². The van der Waals surface area contributed by atoms with Gasteiger partial charge in [0.1, 0.15) is 17.1 Å². The van der Waals surface area contributed by atoms with Crippen LogP contribution < -0.4 is 10.4 Å². The molecule has 12 heteroatoms. The van der Waals surface area contributed by atoms with Crippen LogP contribution >= 0.6 is 7.60 Å². The average Bonchev–Trinajstić information content (AvgIpc) is 3.45. The van der Waals surface area contributed by atoms with Gasteiger partial charge in [-0.2, -0.15) is 5.48 Å². The van der Waals surface area contributed by atoms with E-state index < -0.39 is 31.4 Å². The summed E-state index contributed by atoms with van der Waals surface area (Å²) in [6, 6.07) is 28.9. The third-order valence-electron chi connectivity index (χ3n) is 7.10. The van der Waals surface area contributed by atoms with E-state index >= 15 is 0 Å². The van der Waals surface area contributed by atoms with E-state index in [1.807, 2.05) is 59.5 Å². The number of hydrogen-bond acceptors (Lipinski definition) is 8. The summed E-state index contributed by atoms with van der Waals surface area (Å²) in [6.07, 6.45) is 2.18. The van der Waals surface area contributed by atoms with E-state index in [4.69, 9.17) is 19.3 Å². The van der Waals surface area contributed by atoms with Gasteiger partial charge in [-0.15, -0.1) is 0 Å². The van der Waals surface area contributed by atoms with Crippen LogP contribution in [-0.2, 0) is 24.4 Å². The zero-order valence-corrected chi connectivity index (χ0v) is 24.4. The summed E-state index contributed by atoms with van der Waals surface area (Å²) >= 11 is 0. The standard InChI is InChI=1S/C30H34N5O6P/c1-22(41-29(39-2)42(36,37)38)19-34-20-32-27(33-40-3)26-28(34)35(21-31-26)30(23-13-7-4-8-14-23,24-15-9-5-10-16-24)25-17-11-6-12-18-25/h4-18,20-22,27,29,33H,19H2,1-3H3,(H2,36,37,38)/t22?,27?,29-/m0/s1. The molecule has 0 fully saturated rings. The number of fused-ring (bicyclic) bond motifs is 1. The molecule has 1 aromatic heterocycles. The number of imidazole rings is 1. The number of ether oxygens (including phenoxy) is 2. The molecule has 0 saturated carbocycles.